The van der Waals surface area contributed by atoms with Gasteiger partial charge in [0.15, 0.2) is 11.5 Å². The average Bonchev–Trinajstić information content (AvgIpc) is 3.53. The quantitative estimate of drug-likeness (QED) is 0.435. The summed E-state index contributed by atoms with van der Waals surface area (Å²) in [4.78, 5) is 23.9. The first-order chi connectivity index (χ1) is 19.5. The highest BCUT2D eigenvalue weighted by atomic mass is 16.6. The number of hydrogen-bond acceptors (Lipinski definition) is 9. The minimum Gasteiger partial charge on any atom is -0.486 e. The summed E-state index contributed by atoms with van der Waals surface area (Å²) in [6, 6.07) is 5.67. The van der Waals surface area contributed by atoms with Crippen molar-refractivity contribution in [3.63, 3.8) is 0 Å². The van der Waals surface area contributed by atoms with Crippen LogP contribution in [0.1, 0.15) is 38.3 Å². The van der Waals surface area contributed by atoms with Crippen molar-refractivity contribution in [2.45, 2.75) is 45.9 Å². The Balaban J connectivity index is 0.000000867. The maximum Gasteiger partial charge on any atom is 0.252 e. The second-order valence-electron chi connectivity index (χ2n) is 9.68. The number of oxazole rings is 1. The van der Waals surface area contributed by atoms with Crippen LogP contribution in [0.25, 0.3) is 18.2 Å². The lowest BCUT2D eigenvalue weighted by atomic mass is 10.1. The fraction of sp³-hybridized carbons (Fsp3) is 0.433. The molecule has 10 heteroatoms. The monoisotopic (exact) mass is 548 g/mol. The molecule has 40 heavy (non-hydrogen) atoms. The second-order valence-corrected chi connectivity index (χ2v) is 9.68. The summed E-state index contributed by atoms with van der Waals surface area (Å²) in [5.74, 6) is 1.98. The summed E-state index contributed by atoms with van der Waals surface area (Å²) in [5, 5.41) is 8.09. The van der Waals surface area contributed by atoms with E-state index in [0.29, 0.717) is 44.1 Å². The van der Waals surface area contributed by atoms with Crippen LogP contribution in [0.15, 0.2) is 52.1 Å². The molecule has 0 amide bonds. The molecule has 2 aliphatic heterocycles. The van der Waals surface area contributed by atoms with Crippen molar-refractivity contribution in [3.05, 3.63) is 75.4 Å². The highest BCUT2D eigenvalue weighted by Gasteiger charge is 2.20. The van der Waals surface area contributed by atoms with Gasteiger partial charge in [-0.1, -0.05) is 19.6 Å². The van der Waals surface area contributed by atoms with Gasteiger partial charge >= 0.3 is 0 Å². The van der Waals surface area contributed by atoms with Crippen LogP contribution in [0.2, 0.25) is 0 Å². The molecule has 0 saturated carbocycles. The second kappa shape index (κ2) is 14.6. The molecule has 0 spiro atoms. The van der Waals surface area contributed by atoms with Crippen molar-refractivity contribution in [2.75, 3.05) is 39.9 Å². The van der Waals surface area contributed by atoms with Crippen LogP contribution >= 0.6 is 0 Å². The Morgan fingerprint density at radius 1 is 1.18 bits per heavy atom. The molecule has 1 saturated heterocycles. The molecule has 2 aliphatic rings. The van der Waals surface area contributed by atoms with E-state index in [0.717, 1.165) is 60.1 Å². The van der Waals surface area contributed by atoms with Gasteiger partial charge in [-0.05, 0) is 50.7 Å². The van der Waals surface area contributed by atoms with Gasteiger partial charge in [0, 0.05) is 43.4 Å². The van der Waals surface area contributed by atoms with E-state index < -0.39 is 0 Å². The first kappa shape index (κ1) is 29.3. The van der Waals surface area contributed by atoms with E-state index in [-0.39, 0.29) is 5.56 Å². The van der Waals surface area contributed by atoms with E-state index in [1.54, 1.807) is 29.1 Å². The summed E-state index contributed by atoms with van der Waals surface area (Å²) in [6.07, 6.45) is 10.7. The molecule has 10 nitrogen and oxygen atoms in total. The van der Waals surface area contributed by atoms with Gasteiger partial charge in [0.25, 0.3) is 5.56 Å². The number of hydrogen-bond donors (Lipinski definition) is 2. The number of piperidine rings is 1. The van der Waals surface area contributed by atoms with Crippen LogP contribution in [0, 0.1) is 0 Å². The van der Waals surface area contributed by atoms with Crippen molar-refractivity contribution in [3.8, 4) is 11.5 Å². The van der Waals surface area contributed by atoms with Gasteiger partial charge in [0.1, 0.15) is 19.5 Å². The van der Waals surface area contributed by atoms with Gasteiger partial charge in [-0.25, -0.2) is 4.98 Å². The summed E-state index contributed by atoms with van der Waals surface area (Å²) in [6.45, 7) is 13.3. The zero-order chi connectivity index (χ0) is 28.3. The van der Waals surface area contributed by atoms with Crippen molar-refractivity contribution < 1.29 is 13.9 Å². The fourth-order valence-electron chi connectivity index (χ4n) is 4.55. The molecule has 5 rings (SSSR count). The topological polar surface area (TPSA) is 107 Å². The normalized spacial score (nSPS) is 16.5. The fourth-order valence-corrected chi connectivity index (χ4v) is 4.55. The lowest BCUT2D eigenvalue weighted by Crippen LogP contribution is -2.49. The Morgan fingerprint density at radius 2 is 1.93 bits per heavy atom. The molecule has 5 heterocycles. The van der Waals surface area contributed by atoms with Gasteiger partial charge in [-0.15, -0.1) is 0 Å². The van der Waals surface area contributed by atoms with E-state index >= 15 is 0 Å². The third kappa shape index (κ3) is 7.68. The van der Waals surface area contributed by atoms with E-state index in [1.165, 1.54) is 6.26 Å². The molecular formula is C30H40N6O4. The minimum atomic E-state index is -0.0542. The Morgan fingerprint density at radius 3 is 2.60 bits per heavy atom. The molecule has 0 unspecified atom stereocenters. The van der Waals surface area contributed by atoms with Gasteiger partial charge in [0.2, 0.25) is 5.89 Å². The number of fused-ring (bicyclic) bond motifs is 1. The molecule has 214 valence electrons. The van der Waals surface area contributed by atoms with E-state index in [4.69, 9.17) is 13.9 Å². The highest BCUT2D eigenvalue weighted by Crippen LogP contribution is 2.29. The Bertz CT molecular complexity index is 1420. The number of aromatic nitrogens is 3. The Hall–Kier alpha value is -3.73. The summed E-state index contributed by atoms with van der Waals surface area (Å²) < 4.78 is 18.4. The third-order valence-electron chi connectivity index (χ3n) is 6.94. The molecule has 3 aromatic heterocycles. The molecule has 1 fully saturated rings. The Labute approximate surface area is 235 Å². The van der Waals surface area contributed by atoms with Crippen molar-refractivity contribution >= 4 is 18.2 Å². The van der Waals surface area contributed by atoms with Crippen LogP contribution in [0.5, 0.6) is 11.5 Å². The molecule has 0 atom stereocenters. The van der Waals surface area contributed by atoms with Crippen molar-refractivity contribution in [1.29, 1.82) is 0 Å². The number of nitrogens with zero attached hydrogens (tertiary/aromatic N) is 4. The predicted octanol–water partition coefficient (Wildman–Crippen LogP) is 1.73. The SMILES string of the molecule is C=c1ccc(=O)n(CN2CCC(NCc3cc4c(cn3)OCCO4)CC2)/c1=C/C(=C\C)c1ncco1.CCNC. The number of likely N-dealkylation sites (tertiary alicyclic amines) is 1. The molecular weight excluding hydrogens is 508 g/mol. The van der Waals surface area contributed by atoms with Crippen LogP contribution < -0.4 is 36.2 Å². The Kier molecular flexibility index (Phi) is 10.7. The molecule has 0 bridgehead atoms. The van der Waals surface area contributed by atoms with Crippen LogP contribution in [0.4, 0.5) is 0 Å². The lowest BCUT2D eigenvalue weighted by molar-refractivity contribution is 0.154. The summed E-state index contributed by atoms with van der Waals surface area (Å²) in [5.41, 5.74) is 1.69. The third-order valence-corrected chi connectivity index (χ3v) is 6.94. The zero-order valence-corrected chi connectivity index (χ0v) is 23.7. The standard InChI is InChI=1S/C27H31N5O4.C3H9N/c1-3-20(27-28-8-11-36-27)14-23-19(2)4-5-26(33)32(23)18-31-9-6-21(7-10-31)29-16-22-15-24-25(17-30-22)35-13-12-34-24;1-3-4-2/h3-5,8,11,14-15,17,21,29H,2,6-7,9-10,12-13,16,18H2,1H3;4H,3H2,1-2H3/b20-3+,23-14+;. The first-order valence-corrected chi connectivity index (χ1v) is 13.8. The molecule has 0 radical (unpaired) electrons. The lowest BCUT2D eigenvalue weighted by Gasteiger charge is -2.32. The van der Waals surface area contributed by atoms with Gasteiger partial charge < -0.3 is 24.5 Å². The number of allylic oxidation sites excluding steroid dienone is 2. The number of ether oxygens (including phenoxy) is 2. The van der Waals surface area contributed by atoms with Crippen molar-refractivity contribution in [2.24, 2.45) is 0 Å². The summed E-state index contributed by atoms with van der Waals surface area (Å²) in [7, 11) is 1.93. The van der Waals surface area contributed by atoms with Gasteiger partial charge in [-0.3, -0.25) is 19.2 Å². The first-order valence-electron chi connectivity index (χ1n) is 13.8. The van der Waals surface area contributed by atoms with E-state index in [9.17, 15) is 4.79 Å². The smallest absolute Gasteiger partial charge is 0.252 e. The average molecular weight is 549 g/mol. The van der Waals surface area contributed by atoms with Crippen LogP contribution in [-0.4, -0.2) is 65.4 Å². The number of pyridine rings is 2. The zero-order valence-electron chi connectivity index (χ0n) is 23.7. The van der Waals surface area contributed by atoms with E-state index in [1.807, 2.05) is 32.2 Å². The largest absolute Gasteiger partial charge is 0.486 e. The maximum absolute atomic E-state index is 12.8. The van der Waals surface area contributed by atoms with Gasteiger partial charge in [-0.2, -0.15) is 0 Å². The molecule has 2 N–H and O–H groups in total. The van der Waals surface area contributed by atoms with E-state index in [2.05, 4.69) is 39.0 Å². The number of nitrogens with one attached hydrogen (secondary N) is 2. The van der Waals surface area contributed by atoms with Gasteiger partial charge in [0.05, 0.1) is 30.1 Å². The number of rotatable bonds is 8. The molecule has 0 aromatic carbocycles. The minimum absolute atomic E-state index is 0.0542. The van der Waals surface area contributed by atoms with Crippen molar-refractivity contribution in [1.82, 2.24) is 30.1 Å². The molecule has 3 aromatic rings. The predicted molar refractivity (Wildman–Crippen MR) is 156 cm³/mol. The summed E-state index contributed by atoms with van der Waals surface area (Å²) >= 11 is 0. The maximum atomic E-state index is 12.8. The van der Waals surface area contributed by atoms with Crippen LogP contribution in [0.3, 0.4) is 0 Å². The molecule has 0 aliphatic carbocycles. The van der Waals surface area contributed by atoms with Crippen LogP contribution in [-0.2, 0) is 13.2 Å². The highest BCUT2D eigenvalue weighted by molar-refractivity contribution is 5.84.